The van der Waals surface area contributed by atoms with Gasteiger partial charge in [-0.2, -0.15) is 0 Å². The molecule has 8 aromatic carbocycles. The van der Waals surface area contributed by atoms with Crippen LogP contribution in [-0.2, 0) is 0 Å². The van der Waals surface area contributed by atoms with E-state index in [1.807, 2.05) is 12.4 Å². The second-order valence-electron chi connectivity index (χ2n) is 14.5. The van der Waals surface area contributed by atoms with Crippen LogP contribution in [0.5, 0.6) is 0 Å². The van der Waals surface area contributed by atoms with Crippen LogP contribution in [0.25, 0.3) is 99.5 Å². The van der Waals surface area contributed by atoms with Crippen molar-refractivity contribution in [2.24, 2.45) is 0 Å². The summed E-state index contributed by atoms with van der Waals surface area (Å²) < 4.78 is 4.75. The van der Waals surface area contributed by atoms with E-state index >= 15 is 0 Å². The maximum Gasteiger partial charge on any atom is 0.0541 e. The van der Waals surface area contributed by atoms with Crippen molar-refractivity contribution in [1.29, 1.82) is 0 Å². The summed E-state index contributed by atoms with van der Waals surface area (Å²) in [5.74, 6) is 0. The van der Waals surface area contributed by atoms with Gasteiger partial charge in [0, 0.05) is 56.4 Å². The van der Waals surface area contributed by atoms with Crippen LogP contribution in [0, 0.1) is 0 Å². The summed E-state index contributed by atoms with van der Waals surface area (Å²) in [6.45, 7) is 0. The van der Waals surface area contributed by atoms with Crippen molar-refractivity contribution in [2.75, 3.05) is 0 Å². The third-order valence-corrected chi connectivity index (χ3v) is 11.2. The Balaban J connectivity index is 1.06. The number of hydrogen-bond acceptors (Lipinski definition) is 1. The quantitative estimate of drug-likeness (QED) is 0.168. The van der Waals surface area contributed by atoms with Crippen molar-refractivity contribution in [2.45, 2.75) is 0 Å². The van der Waals surface area contributed by atoms with E-state index < -0.39 is 0 Å². The van der Waals surface area contributed by atoms with E-state index in [1.54, 1.807) is 0 Å². The minimum absolute atomic E-state index is 1.09. The predicted molar refractivity (Wildman–Crippen MR) is 235 cm³/mol. The molecule has 0 N–H and O–H groups in total. The van der Waals surface area contributed by atoms with Gasteiger partial charge in [0.05, 0.1) is 22.1 Å². The number of pyridine rings is 1. The Bertz CT molecular complexity index is 3000. The number of fused-ring (bicyclic) bond motifs is 6. The molecule has 0 fully saturated rings. The van der Waals surface area contributed by atoms with E-state index in [-0.39, 0.29) is 0 Å². The molecule has 3 aromatic heterocycles. The fraction of sp³-hybridized carbons (Fsp3) is 0. The van der Waals surface area contributed by atoms with Crippen LogP contribution < -0.4 is 0 Å². The van der Waals surface area contributed by atoms with Crippen molar-refractivity contribution < 1.29 is 0 Å². The number of aromatic nitrogens is 3. The minimum Gasteiger partial charge on any atom is -0.309 e. The molecule has 3 heteroatoms. The third kappa shape index (κ3) is 5.32. The van der Waals surface area contributed by atoms with Crippen LogP contribution in [0.1, 0.15) is 0 Å². The van der Waals surface area contributed by atoms with Gasteiger partial charge >= 0.3 is 0 Å². The van der Waals surface area contributed by atoms with Gasteiger partial charge in [-0.1, -0.05) is 121 Å². The summed E-state index contributed by atoms with van der Waals surface area (Å²) in [5, 5.41) is 4.89. The molecule has 262 valence electrons. The zero-order chi connectivity index (χ0) is 37.0. The SMILES string of the molecule is c1ccc(-c2ccc3c(c2)c2cc(-c4cncc(-c5ccc6c(c5)c5cc(-c7ccccc7)ccc5n6-c5ccccc5)c4)ccc2n3-c2ccccc2)cc1. The Morgan fingerprint density at radius 2 is 0.554 bits per heavy atom. The summed E-state index contributed by atoms with van der Waals surface area (Å²) in [6.07, 6.45) is 3.98. The molecule has 0 aliphatic rings. The van der Waals surface area contributed by atoms with E-state index in [1.165, 1.54) is 65.9 Å². The van der Waals surface area contributed by atoms with E-state index in [0.717, 1.165) is 33.6 Å². The van der Waals surface area contributed by atoms with Crippen LogP contribution in [-0.4, -0.2) is 14.1 Å². The topological polar surface area (TPSA) is 22.8 Å². The minimum atomic E-state index is 1.09. The number of nitrogens with zero attached hydrogens (tertiary/aromatic N) is 3. The van der Waals surface area contributed by atoms with Crippen LogP contribution in [0.2, 0.25) is 0 Å². The van der Waals surface area contributed by atoms with Crippen molar-refractivity contribution in [1.82, 2.24) is 14.1 Å². The first kappa shape index (κ1) is 32.0. The molecule has 0 saturated carbocycles. The highest BCUT2D eigenvalue weighted by molar-refractivity contribution is 6.13. The third-order valence-electron chi connectivity index (χ3n) is 11.2. The molecule has 56 heavy (non-hydrogen) atoms. The van der Waals surface area contributed by atoms with Gasteiger partial charge in [-0.3, -0.25) is 4.98 Å². The molecule has 0 saturated heterocycles. The first-order valence-electron chi connectivity index (χ1n) is 19.1. The van der Waals surface area contributed by atoms with E-state index in [4.69, 9.17) is 4.98 Å². The highest BCUT2D eigenvalue weighted by Crippen LogP contribution is 2.40. The summed E-state index contributed by atoms with van der Waals surface area (Å²) in [5.41, 5.74) is 16.3. The molecular formula is C53H35N3. The zero-order valence-electron chi connectivity index (χ0n) is 30.5. The molecule has 3 heterocycles. The monoisotopic (exact) mass is 713 g/mol. The Hall–Kier alpha value is -7.49. The molecule has 11 aromatic rings. The maximum atomic E-state index is 4.82. The standard InChI is InChI=1S/C53H35N3/c1-5-13-36(14-6-1)38-21-25-50-46(30-38)48-32-40(23-27-52(48)55(50)44-17-9-3-10-18-44)42-29-43(35-54-34-42)41-24-28-53-49(33-41)47-31-39(37-15-7-2-8-16-37)22-26-51(47)56(53)45-19-11-4-12-20-45/h1-35H. The Labute approximate surface area is 325 Å². The summed E-state index contributed by atoms with van der Waals surface area (Å²) in [6, 6.07) is 72.2. The molecule has 3 nitrogen and oxygen atoms in total. The van der Waals surface area contributed by atoms with Gasteiger partial charge in [-0.05, 0) is 112 Å². The smallest absolute Gasteiger partial charge is 0.0541 e. The largest absolute Gasteiger partial charge is 0.309 e. The molecule has 0 aliphatic heterocycles. The Kier molecular flexibility index (Phi) is 7.49. The summed E-state index contributed by atoms with van der Waals surface area (Å²) >= 11 is 0. The fourth-order valence-electron chi connectivity index (χ4n) is 8.49. The average Bonchev–Trinajstić information content (AvgIpc) is 3.79. The van der Waals surface area contributed by atoms with Gasteiger partial charge < -0.3 is 9.13 Å². The zero-order valence-corrected chi connectivity index (χ0v) is 30.5. The lowest BCUT2D eigenvalue weighted by Crippen LogP contribution is -1.93. The molecule has 0 atom stereocenters. The van der Waals surface area contributed by atoms with Crippen LogP contribution in [0.4, 0.5) is 0 Å². The van der Waals surface area contributed by atoms with E-state index in [0.29, 0.717) is 0 Å². The molecular weight excluding hydrogens is 679 g/mol. The lowest BCUT2D eigenvalue weighted by atomic mass is 9.98. The fourth-order valence-corrected chi connectivity index (χ4v) is 8.49. The molecule has 0 aliphatic carbocycles. The maximum absolute atomic E-state index is 4.82. The Morgan fingerprint density at radius 3 is 0.893 bits per heavy atom. The van der Waals surface area contributed by atoms with Crippen molar-refractivity contribution in [3.8, 4) is 55.9 Å². The van der Waals surface area contributed by atoms with Crippen molar-refractivity contribution >= 4 is 43.6 Å². The normalized spacial score (nSPS) is 11.6. The van der Waals surface area contributed by atoms with Crippen LogP contribution in [0.3, 0.4) is 0 Å². The van der Waals surface area contributed by atoms with E-state index in [2.05, 4.69) is 209 Å². The molecule has 0 radical (unpaired) electrons. The Morgan fingerprint density at radius 1 is 0.250 bits per heavy atom. The van der Waals surface area contributed by atoms with Crippen LogP contribution in [0.15, 0.2) is 213 Å². The number of rotatable bonds is 6. The lowest BCUT2D eigenvalue weighted by molar-refractivity contribution is 1.18. The van der Waals surface area contributed by atoms with Crippen molar-refractivity contribution in [3.63, 3.8) is 0 Å². The number of hydrogen-bond donors (Lipinski definition) is 0. The highest BCUT2D eigenvalue weighted by atomic mass is 15.0. The summed E-state index contributed by atoms with van der Waals surface area (Å²) in [4.78, 5) is 4.82. The molecule has 0 spiro atoms. The molecule has 0 bridgehead atoms. The highest BCUT2D eigenvalue weighted by Gasteiger charge is 2.17. The van der Waals surface area contributed by atoms with Gasteiger partial charge in [0.2, 0.25) is 0 Å². The van der Waals surface area contributed by atoms with Gasteiger partial charge in [-0.15, -0.1) is 0 Å². The first-order valence-corrected chi connectivity index (χ1v) is 19.1. The first-order chi connectivity index (χ1) is 27.8. The second-order valence-corrected chi connectivity index (χ2v) is 14.5. The summed E-state index contributed by atoms with van der Waals surface area (Å²) in [7, 11) is 0. The second kappa shape index (κ2) is 13.1. The average molecular weight is 714 g/mol. The number of benzene rings is 8. The molecule has 11 rings (SSSR count). The predicted octanol–water partition coefficient (Wildman–Crippen LogP) is 13.9. The van der Waals surface area contributed by atoms with Crippen LogP contribution >= 0.6 is 0 Å². The van der Waals surface area contributed by atoms with Crippen molar-refractivity contribution in [3.05, 3.63) is 213 Å². The van der Waals surface area contributed by atoms with Gasteiger partial charge in [0.25, 0.3) is 0 Å². The van der Waals surface area contributed by atoms with Gasteiger partial charge in [0.15, 0.2) is 0 Å². The number of para-hydroxylation sites is 2. The molecule has 0 unspecified atom stereocenters. The van der Waals surface area contributed by atoms with E-state index in [9.17, 15) is 0 Å². The lowest BCUT2D eigenvalue weighted by Gasteiger charge is -2.09. The van der Waals surface area contributed by atoms with Gasteiger partial charge in [0.1, 0.15) is 0 Å². The van der Waals surface area contributed by atoms with Gasteiger partial charge in [-0.25, -0.2) is 0 Å². The molecule has 0 amide bonds.